The highest BCUT2D eigenvalue weighted by molar-refractivity contribution is 5.92. The van der Waals surface area contributed by atoms with Crippen molar-refractivity contribution < 1.29 is 5.21 Å². The smallest absolute Gasteiger partial charge is 0.0798 e. The van der Waals surface area contributed by atoms with Gasteiger partial charge in [0.25, 0.3) is 0 Å². The quantitative estimate of drug-likeness (QED) is 0.463. The van der Waals surface area contributed by atoms with Gasteiger partial charge in [-0.1, -0.05) is 47.7 Å². The third kappa shape index (κ3) is 3.84. The van der Waals surface area contributed by atoms with Crippen molar-refractivity contribution in [3.63, 3.8) is 0 Å². The molecule has 3 rings (SSSR count). The van der Waals surface area contributed by atoms with Crippen molar-refractivity contribution in [2.24, 2.45) is 5.16 Å². The topological polar surface area (TPSA) is 35.8 Å². The van der Waals surface area contributed by atoms with Crippen LogP contribution < -0.4 is 4.90 Å². The van der Waals surface area contributed by atoms with E-state index in [4.69, 9.17) is 0 Å². The summed E-state index contributed by atoms with van der Waals surface area (Å²) in [6, 6.07) is 8.82. The first-order chi connectivity index (χ1) is 11.4. The standard InChI is InChI=1S/C20H26N2O/c23-21-18-12-7-5-3-1-2-4-6-8-14-20(18)22-16-15-17-11-9-10-13-19(17)22/h3-6,9-11,13,20,23H,1-2,7-8,12,14-16H2/b5-3+,6-4+,21-18-. The van der Waals surface area contributed by atoms with Gasteiger partial charge in [-0.3, -0.25) is 0 Å². The van der Waals surface area contributed by atoms with Gasteiger partial charge in [0, 0.05) is 12.2 Å². The molecule has 0 saturated carbocycles. The number of rotatable bonds is 1. The van der Waals surface area contributed by atoms with Crippen LogP contribution in [0.2, 0.25) is 0 Å². The Kier molecular flexibility index (Phi) is 5.51. The number of nitrogens with zero attached hydrogens (tertiary/aromatic N) is 2. The summed E-state index contributed by atoms with van der Waals surface area (Å²) in [7, 11) is 0. The van der Waals surface area contributed by atoms with Gasteiger partial charge in [0.2, 0.25) is 0 Å². The van der Waals surface area contributed by atoms with E-state index in [2.05, 4.69) is 58.6 Å². The van der Waals surface area contributed by atoms with Crippen molar-refractivity contribution in [1.29, 1.82) is 0 Å². The first-order valence-corrected chi connectivity index (χ1v) is 8.75. The number of fused-ring (bicyclic) bond motifs is 1. The Morgan fingerprint density at radius 1 is 0.913 bits per heavy atom. The summed E-state index contributed by atoms with van der Waals surface area (Å²) in [5.41, 5.74) is 3.64. The van der Waals surface area contributed by atoms with E-state index in [1.807, 2.05) is 0 Å². The molecular formula is C20H26N2O. The third-order valence-corrected chi connectivity index (χ3v) is 4.82. The van der Waals surface area contributed by atoms with Crippen LogP contribution in [-0.2, 0) is 6.42 Å². The van der Waals surface area contributed by atoms with Crippen LogP contribution in [0.4, 0.5) is 5.69 Å². The van der Waals surface area contributed by atoms with Gasteiger partial charge in [0.05, 0.1) is 11.8 Å². The van der Waals surface area contributed by atoms with Crippen molar-refractivity contribution in [3.8, 4) is 0 Å². The van der Waals surface area contributed by atoms with Gasteiger partial charge in [0.15, 0.2) is 0 Å². The van der Waals surface area contributed by atoms with Gasteiger partial charge in [-0.15, -0.1) is 0 Å². The van der Waals surface area contributed by atoms with E-state index in [9.17, 15) is 5.21 Å². The zero-order valence-corrected chi connectivity index (χ0v) is 13.7. The average Bonchev–Trinajstić information content (AvgIpc) is 2.99. The fourth-order valence-corrected chi connectivity index (χ4v) is 3.62. The number of allylic oxidation sites excluding steroid dienone is 4. The lowest BCUT2D eigenvalue weighted by molar-refractivity contribution is 0.314. The van der Waals surface area contributed by atoms with Crippen LogP contribution in [0, 0.1) is 0 Å². The summed E-state index contributed by atoms with van der Waals surface area (Å²) in [6.07, 6.45) is 16.1. The molecular weight excluding hydrogens is 284 g/mol. The molecule has 1 atom stereocenters. The lowest BCUT2D eigenvalue weighted by Crippen LogP contribution is -2.40. The first-order valence-electron chi connectivity index (χ1n) is 8.75. The summed E-state index contributed by atoms with van der Waals surface area (Å²) < 4.78 is 0. The molecule has 1 aliphatic carbocycles. The Balaban J connectivity index is 1.83. The predicted molar refractivity (Wildman–Crippen MR) is 96.5 cm³/mol. The molecule has 1 aromatic rings. The number of hydrogen-bond donors (Lipinski definition) is 1. The highest BCUT2D eigenvalue weighted by Gasteiger charge is 2.28. The van der Waals surface area contributed by atoms with E-state index < -0.39 is 0 Å². The maximum atomic E-state index is 9.59. The number of para-hydroxylation sites is 1. The molecule has 2 aliphatic rings. The molecule has 0 aromatic heterocycles. The molecule has 1 aromatic carbocycles. The van der Waals surface area contributed by atoms with E-state index in [0.717, 1.165) is 57.2 Å². The zero-order chi connectivity index (χ0) is 15.9. The molecule has 23 heavy (non-hydrogen) atoms. The summed E-state index contributed by atoms with van der Waals surface area (Å²) in [4.78, 5) is 2.44. The van der Waals surface area contributed by atoms with Crippen molar-refractivity contribution in [2.75, 3.05) is 11.4 Å². The van der Waals surface area contributed by atoms with Crippen molar-refractivity contribution in [3.05, 3.63) is 54.1 Å². The fourth-order valence-electron chi connectivity index (χ4n) is 3.62. The molecule has 122 valence electrons. The molecule has 3 heteroatoms. The van der Waals surface area contributed by atoms with Gasteiger partial charge < -0.3 is 10.1 Å². The third-order valence-electron chi connectivity index (χ3n) is 4.82. The molecule has 3 nitrogen and oxygen atoms in total. The second-order valence-corrected chi connectivity index (χ2v) is 6.32. The maximum absolute atomic E-state index is 9.59. The molecule has 1 heterocycles. The minimum atomic E-state index is 0.195. The van der Waals surface area contributed by atoms with E-state index in [-0.39, 0.29) is 6.04 Å². The van der Waals surface area contributed by atoms with Crippen LogP contribution >= 0.6 is 0 Å². The van der Waals surface area contributed by atoms with Crippen molar-refractivity contribution in [1.82, 2.24) is 0 Å². The lowest BCUT2D eigenvalue weighted by Gasteiger charge is -2.31. The largest absolute Gasteiger partial charge is 0.411 e. The minimum absolute atomic E-state index is 0.195. The fraction of sp³-hybridized carbons (Fsp3) is 0.450. The molecule has 0 radical (unpaired) electrons. The van der Waals surface area contributed by atoms with E-state index in [1.54, 1.807) is 0 Å². The Labute approximate surface area is 139 Å². The Hall–Kier alpha value is -2.03. The number of oxime groups is 1. The van der Waals surface area contributed by atoms with E-state index in [1.165, 1.54) is 11.3 Å². The second-order valence-electron chi connectivity index (χ2n) is 6.32. The second kappa shape index (κ2) is 8.00. The number of benzene rings is 1. The molecule has 0 fully saturated rings. The molecule has 0 saturated heterocycles. The summed E-state index contributed by atoms with van der Waals surface area (Å²) in [5.74, 6) is 0. The van der Waals surface area contributed by atoms with Gasteiger partial charge in [-0.25, -0.2) is 0 Å². The van der Waals surface area contributed by atoms with Crippen LogP contribution in [0.1, 0.15) is 44.1 Å². The van der Waals surface area contributed by atoms with Crippen LogP contribution in [0.15, 0.2) is 53.7 Å². The van der Waals surface area contributed by atoms with E-state index >= 15 is 0 Å². The van der Waals surface area contributed by atoms with Gasteiger partial charge in [-0.05, 0) is 56.6 Å². The number of anilines is 1. The van der Waals surface area contributed by atoms with Gasteiger partial charge >= 0.3 is 0 Å². The summed E-state index contributed by atoms with van der Waals surface area (Å²) in [5, 5.41) is 13.3. The Morgan fingerprint density at radius 3 is 2.48 bits per heavy atom. The van der Waals surface area contributed by atoms with Crippen LogP contribution in [0.25, 0.3) is 0 Å². The molecule has 1 unspecified atom stereocenters. The SMILES string of the molecule is O/N=C1/CC/C=C/CC/C=C/CCC1N1CCc2ccccc21. The molecule has 0 spiro atoms. The van der Waals surface area contributed by atoms with E-state index in [0.29, 0.717) is 0 Å². The zero-order valence-electron chi connectivity index (χ0n) is 13.7. The van der Waals surface area contributed by atoms with Crippen LogP contribution in [0.5, 0.6) is 0 Å². The van der Waals surface area contributed by atoms with Crippen LogP contribution in [0.3, 0.4) is 0 Å². The number of hydrogen-bond acceptors (Lipinski definition) is 3. The average molecular weight is 310 g/mol. The molecule has 1 N–H and O–H groups in total. The summed E-state index contributed by atoms with van der Waals surface area (Å²) >= 11 is 0. The van der Waals surface area contributed by atoms with Crippen molar-refractivity contribution in [2.45, 2.75) is 51.0 Å². The lowest BCUT2D eigenvalue weighted by atomic mass is 9.99. The molecule has 0 amide bonds. The summed E-state index contributed by atoms with van der Waals surface area (Å²) in [6.45, 7) is 1.02. The minimum Gasteiger partial charge on any atom is -0.411 e. The highest BCUT2D eigenvalue weighted by Crippen LogP contribution is 2.31. The van der Waals surface area contributed by atoms with Crippen molar-refractivity contribution >= 4 is 11.4 Å². The predicted octanol–water partition coefficient (Wildman–Crippen LogP) is 4.71. The Morgan fingerprint density at radius 2 is 1.65 bits per heavy atom. The first kappa shape index (κ1) is 15.9. The van der Waals surface area contributed by atoms with Gasteiger partial charge in [-0.2, -0.15) is 0 Å². The maximum Gasteiger partial charge on any atom is 0.0798 e. The normalized spacial score (nSPS) is 27.0. The monoisotopic (exact) mass is 310 g/mol. The Bertz CT molecular complexity index is 603. The highest BCUT2D eigenvalue weighted by atomic mass is 16.4. The molecule has 1 aliphatic heterocycles. The molecule has 0 bridgehead atoms. The van der Waals surface area contributed by atoms with Gasteiger partial charge in [0.1, 0.15) is 0 Å². The van der Waals surface area contributed by atoms with Crippen LogP contribution in [-0.4, -0.2) is 23.5 Å².